The van der Waals surface area contributed by atoms with Gasteiger partial charge in [-0.1, -0.05) is 29.8 Å². The summed E-state index contributed by atoms with van der Waals surface area (Å²) >= 11 is 6.18. The summed E-state index contributed by atoms with van der Waals surface area (Å²) in [6.45, 7) is 1.84. The molecule has 0 saturated carbocycles. The molecule has 0 spiro atoms. The van der Waals surface area contributed by atoms with Crippen LogP contribution in [0.2, 0.25) is 5.02 Å². The first-order valence-electron chi connectivity index (χ1n) is 8.25. The summed E-state index contributed by atoms with van der Waals surface area (Å²) in [5.41, 5.74) is 2.42. The number of hydrogen-bond acceptors (Lipinski definition) is 4. The van der Waals surface area contributed by atoms with Gasteiger partial charge in [0.05, 0.1) is 5.02 Å². The minimum Gasteiger partial charge on any atom is -0.395 e. The summed E-state index contributed by atoms with van der Waals surface area (Å²) in [5, 5.41) is 2.92. The lowest BCUT2D eigenvalue weighted by atomic mass is 10.1. The Labute approximate surface area is 163 Å². The molecule has 0 radical (unpaired) electrons. The van der Waals surface area contributed by atoms with Crippen molar-refractivity contribution in [3.05, 3.63) is 70.9 Å². The predicted octanol–water partition coefficient (Wildman–Crippen LogP) is 5.28. The molecule has 1 N–H and O–H groups in total. The van der Waals surface area contributed by atoms with Gasteiger partial charge >= 0.3 is 6.29 Å². The van der Waals surface area contributed by atoms with Crippen LogP contribution < -0.4 is 14.8 Å². The van der Waals surface area contributed by atoms with E-state index in [9.17, 15) is 13.6 Å². The van der Waals surface area contributed by atoms with Gasteiger partial charge in [0.15, 0.2) is 11.5 Å². The van der Waals surface area contributed by atoms with Gasteiger partial charge in [-0.3, -0.25) is 4.79 Å². The molecule has 3 aromatic rings. The number of aryl methyl sites for hydroxylation is 1. The highest BCUT2D eigenvalue weighted by molar-refractivity contribution is 6.33. The maximum Gasteiger partial charge on any atom is 0.586 e. The Bertz CT molecular complexity index is 1070. The lowest BCUT2D eigenvalue weighted by Gasteiger charge is -2.09. The van der Waals surface area contributed by atoms with E-state index in [-0.39, 0.29) is 22.4 Å². The molecule has 0 bridgehead atoms. The summed E-state index contributed by atoms with van der Waals surface area (Å²) in [6, 6.07) is 13.1. The Hall–Kier alpha value is -3.19. The number of pyridine rings is 1. The Balaban J connectivity index is 1.56. The van der Waals surface area contributed by atoms with Crippen LogP contribution in [0.15, 0.2) is 54.7 Å². The molecule has 1 aromatic heterocycles. The number of amides is 1. The van der Waals surface area contributed by atoms with E-state index in [1.807, 2.05) is 19.1 Å². The molecular formula is C20H13ClF2N2O3. The Morgan fingerprint density at radius 2 is 1.82 bits per heavy atom. The third-order valence-electron chi connectivity index (χ3n) is 4.20. The molecular weight excluding hydrogens is 390 g/mol. The van der Waals surface area contributed by atoms with Crippen molar-refractivity contribution >= 4 is 23.3 Å². The fourth-order valence-corrected chi connectivity index (χ4v) is 3.09. The van der Waals surface area contributed by atoms with Crippen LogP contribution in [0, 0.1) is 6.92 Å². The molecule has 0 saturated heterocycles. The van der Waals surface area contributed by atoms with Gasteiger partial charge in [-0.05, 0) is 36.8 Å². The number of ether oxygens (including phenoxy) is 2. The zero-order chi connectivity index (χ0) is 19.9. The largest absolute Gasteiger partial charge is 0.586 e. The number of aromatic nitrogens is 1. The third-order valence-corrected chi connectivity index (χ3v) is 4.51. The van der Waals surface area contributed by atoms with E-state index in [1.54, 1.807) is 24.3 Å². The fourth-order valence-electron chi connectivity index (χ4n) is 2.83. The Morgan fingerprint density at radius 3 is 2.50 bits per heavy atom. The van der Waals surface area contributed by atoms with Gasteiger partial charge in [0.2, 0.25) is 0 Å². The van der Waals surface area contributed by atoms with Crippen molar-refractivity contribution in [1.29, 1.82) is 0 Å². The van der Waals surface area contributed by atoms with E-state index in [2.05, 4.69) is 19.8 Å². The van der Waals surface area contributed by atoms with E-state index in [0.717, 1.165) is 5.56 Å². The van der Waals surface area contributed by atoms with Gasteiger partial charge in [0, 0.05) is 29.0 Å². The van der Waals surface area contributed by atoms with Crippen LogP contribution in [0.1, 0.15) is 15.9 Å². The minimum atomic E-state index is -3.72. The van der Waals surface area contributed by atoms with Crippen LogP contribution in [-0.4, -0.2) is 17.2 Å². The molecule has 5 nitrogen and oxygen atoms in total. The van der Waals surface area contributed by atoms with E-state index in [1.165, 1.54) is 18.3 Å². The molecule has 1 amide bonds. The number of benzene rings is 2. The molecule has 0 aliphatic carbocycles. The highest BCUT2D eigenvalue weighted by Gasteiger charge is 2.43. The number of nitrogens with zero attached hydrogens (tertiary/aromatic N) is 1. The smallest absolute Gasteiger partial charge is 0.395 e. The van der Waals surface area contributed by atoms with Crippen molar-refractivity contribution < 1.29 is 23.0 Å². The summed E-state index contributed by atoms with van der Waals surface area (Å²) in [5.74, 6) is -0.169. The maximum absolute atomic E-state index is 13.2. The standard InChI is InChI=1S/C20H13ClF2N2O3/c1-11-4-2-3-5-13(11)19(26)25-18-7-6-12(10-24-18)14-8-16-17(9-15(14)21)28-20(22,23)27-16/h2-10H,1H3,(H,24,25,26). The average molecular weight is 403 g/mol. The van der Waals surface area contributed by atoms with Crippen LogP contribution in [0.25, 0.3) is 11.1 Å². The normalized spacial score (nSPS) is 14.0. The second-order valence-electron chi connectivity index (χ2n) is 6.15. The van der Waals surface area contributed by atoms with E-state index < -0.39 is 6.29 Å². The zero-order valence-electron chi connectivity index (χ0n) is 14.5. The second-order valence-corrected chi connectivity index (χ2v) is 6.55. The summed E-state index contributed by atoms with van der Waals surface area (Å²) < 4.78 is 35.2. The molecule has 0 fully saturated rings. The van der Waals surface area contributed by atoms with Crippen LogP contribution >= 0.6 is 11.6 Å². The van der Waals surface area contributed by atoms with Gasteiger partial charge in [0.1, 0.15) is 5.82 Å². The van der Waals surface area contributed by atoms with E-state index in [4.69, 9.17) is 11.6 Å². The minimum absolute atomic E-state index is 0.110. The van der Waals surface area contributed by atoms with E-state index in [0.29, 0.717) is 22.5 Å². The highest BCUT2D eigenvalue weighted by atomic mass is 35.5. The van der Waals surface area contributed by atoms with Crippen molar-refractivity contribution in [3.8, 4) is 22.6 Å². The number of rotatable bonds is 3. The van der Waals surface area contributed by atoms with Gasteiger partial charge in [-0.2, -0.15) is 0 Å². The number of hydrogen-bond donors (Lipinski definition) is 1. The molecule has 8 heteroatoms. The Kier molecular flexibility index (Phi) is 4.39. The third kappa shape index (κ3) is 3.48. The van der Waals surface area contributed by atoms with Crippen molar-refractivity contribution in [1.82, 2.24) is 4.98 Å². The van der Waals surface area contributed by atoms with Crippen molar-refractivity contribution in [2.45, 2.75) is 13.2 Å². The van der Waals surface area contributed by atoms with Crippen LogP contribution in [-0.2, 0) is 0 Å². The lowest BCUT2D eigenvalue weighted by Crippen LogP contribution is -2.25. The van der Waals surface area contributed by atoms with E-state index >= 15 is 0 Å². The van der Waals surface area contributed by atoms with Crippen LogP contribution in [0.4, 0.5) is 14.6 Å². The first-order valence-corrected chi connectivity index (χ1v) is 8.63. The number of halogens is 3. The summed E-state index contributed by atoms with van der Waals surface area (Å²) in [7, 11) is 0. The summed E-state index contributed by atoms with van der Waals surface area (Å²) in [6.07, 6.45) is -2.23. The molecule has 0 atom stereocenters. The number of alkyl halides is 2. The molecule has 28 heavy (non-hydrogen) atoms. The first kappa shape index (κ1) is 18.2. The van der Waals surface area contributed by atoms with Gasteiger partial charge < -0.3 is 14.8 Å². The molecule has 0 unspecified atom stereocenters. The lowest BCUT2D eigenvalue weighted by molar-refractivity contribution is -0.286. The molecule has 4 rings (SSSR count). The topological polar surface area (TPSA) is 60.5 Å². The van der Waals surface area contributed by atoms with Gasteiger partial charge in [0.25, 0.3) is 5.91 Å². The average Bonchev–Trinajstić information content (AvgIpc) is 2.95. The highest BCUT2D eigenvalue weighted by Crippen LogP contribution is 2.45. The van der Waals surface area contributed by atoms with Crippen molar-refractivity contribution in [2.75, 3.05) is 5.32 Å². The fraction of sp³-hybridized carbons (Fsp3) is 0.100. The molecule has 1 aliphatic rings. The molecule has 2 aromatic carbocycles. The quantitative estimate of drug-likeness (QED) is 0.647. The monoisotopic (exact) mass is 402 g/mol. The first-order chi connectivity index (χ1) is 13.3. The number of carbonyl (C=O) groups excluding carboxylic acids is 1. The Morgan fingerprint density at radius 1 is 1.11 bits per heavy atom. The number of nitrogens with one attached hydrogen (secondary N) is 1. The SMILES string of the molecule is Cc1ccccc1C(=O)Nc1ccc(-c2cc3c(cc2Cl)OC(F)(F)O3)cn1. The van der Waals surface area contributed by atoms with Crippen LogP contribution in [0.5, 0.6) is 11.5 Å². The molecule has 142 valence electrons. The van der Waals surface area contributed by atoms with Gasteiger partial charge in [-0.25, -0.2) is 4.98 Å². The number of anilines is 1. The van der Waals surface area contributed by atoms with Crippen molar-refractivity contribution in [2.24, 2.45) is 0 Å². The van der Waals surface area contributed by atoms with Gasteiger partial charge in [-0.15, -0.1) is 8.78 Å². The number of carbonyl (C=O) groups is 1. The predicted molar refractivity (Wildman–Crippen MR) is 100 cm³/mol. The molecule has 1 aliphatic heterocycles. The zero-order valence-corrected chi connectivity index (χ0v) is 15.3. The summed E-state index contributed by atoms with van der Waals surface area (Å²) in [4.78, 5) is 16.6. The number of fused-ring (bicyclic) bond motifs is 1. The van der Waals surface area contributed by atoms with Crippen molar-refractivity contribution in [3.63, 3.8) is 0 Å². The molecule has 2 heterocycles. The maximum atomic E-state index is 13.2. The van der Waals surface area contributed by atoms with Crippen LogP contribution in [0.3, 0.4) is 0 Å². The second kappa shape index (κ2) is 6.76.